The van der Waals surface area contributed by atoms with Gasteiger partial charge in [0.05, 0.1) is 0 Å². The van der Waals surface area contributed by atoms with Crippen LogP contribution >= 0.6 is 0 Å². The van der Waals surface area contributed by atoms with Gasteiger partial charge in [0.2, 0.25) is 0 Å². The van der Waals surface area contributed by atoms with Gasteiger partial charge in [-0.15, -0.1) is 0 Å². The average molecular weight is 402 g/mol. The van der Waals surface area contributed by atoms with Gasteiger partial charge in [-0.2, -0.15) is 0 Å². The van der Waals surface area contributed by atoms with Gasteiger partial charge in [0, 0.05) is 63.8 Å². The Bertz CT molecular complexity index is 635. The molecule has 160 valence electrons. The molecule has 29 heavy (non-hydrogen) atoms. The van der Waals surface area contributed by atoms with Crippen molar-refractivity contribution in [3.8, 4) is 5.75 Å². The topological polar surface area (TPSA) is 68.9 Å². The first-order valence-corrected chi connectivity index (χ1v) is 11.2. The summed E-state index contributed by atoms with van der Waals surface area (Å²) in [4.78, 5) is 17.1. The Labute approximate surface area is 174 Å². The molecule has 2 heterocycles. The standard InChI is InChI=1S/C22H35N5O2/c28-22(24-10-15-26-13-8-23-9-14-26)25-18-4-6-20(7-5-18)29-21-16-19(17-21)27-11-2-1-3-12-27/h4-7,19,21,23H,1-3,8-17H2,(H2,24,25,28). The van der Waals surface area contributed by atoms with Gasteiger partial charge in [0.25, 0.3) is 0 Å². The van der Waals surface area contributed by atoms with Gasteiger partial charge in [0.15, 0.2) is 0 Å². The highest BCUT2D eigenvalue weighted by atomic mass is 16.5. The number of hydrogen-bond acceptors (Lipinski definition) is 5. The lowest BCUT2D eigenvalue weighted by Crippen LogP contribution is -2.50. The van der Waals surface area contributed by atoms with E-state index in [4.69, 9.17) is 4.74 Å². The van der Waals surface area contributed by atoms with Crippen molar-refractivity contribution >= 4 is 11.7 Å². The molecule has 2 amide bonds. The maximum atomic E-state index is 12.1. The Kier molecular flexibility index (Phi) is 7.24. The number of amides is 2. The van der Waals surface area contributed by atoms with Crippen molar-refractivity contribution in [1.82, 2.24) is 20.4 Å². The summed E-state index contributed by atoms with van der Waals surface area (Å²) in [6, 6.07) is 8.27. The number of urea groups is 1. The van der Waals surface area contributed by atoms with E-state index in [2.05, 4.69) is 25.8 Å². The Morgan fingerprint density at radius 3 is 2.48 bits per heavy atom. The molecule has 0 radical (unpaired) electrons. The number of likely N-dealkylation sites (tertiary alicyclic amines) is 1. The van der Waals surface area contributed by atoms with Gasteiger partial charge in [-0.25, -0.2) is 4.79 Å². The largest absolute Gasteiger partial charge is 0.490 e. The van der Waals surface area contributed by atoms with Gasteiger partial charge >= 0.3 is 6.03 Å². The lowest BCUT2D eigenvalue weighted by molar-refractivity contribution is 0.00893. The van der Waals surface area contributed by atoms with Gasteiger partial charge in [-0.05, 0) is 50.2 Å². The van der Waals surface area contributed by atoms with E-state index in [1.165, 1.54) is 32.4 Å². The number of benzene rings is 1. The summed E-state index contributed by atoms with van der Waals surface area (Å²) >= 11 is 0. The van der Waals surface area contributed by atoms with Crippen molar-refractivity contribution < 1.29 is 9.53 Å². The number of anilines is 1. The van der Waals surface area contributed by atoms with Crippen LogP contribution in [0.2, 0.25) is 0 Å². The molecule has 7 heteroatoms. The van der Waals surface area contributed by atoms with Crippen LogP contribution in [0.15, 0.2) is 24.3 Å². The monoisotopic (exact) mass is 401 g/mol. The van der Waals surface area contributed by atoms with E-state index in [1.807, 2.05) is 24.3 Å². The Morgan fingerprint density at radius 2 is 1.76 bits per heavy atom. The summed E-state index contributed by atoms with van der Waals surface area (Å²) in [6.07, 6.45) is 6.68. The smallest absolute Gasteiger partial charge is 0.319 e. The van der Waals surface area contributed by atoms with Crippen LogP contribution in [0.5, 0.6) is 5.75 Å². The Hall–Kier alpha value is -1.83. The second-order valence-electron chi connectivity index (χ2n) is 8.46. The number of rotatable bonds is 7. The van der Waals surface area contributed by atoms with E-state index < -0.39 is 0 Å². The van der Waals surface area contributed by atoms with Crippen molar-refractivity contribution in [1.29, 1.82) is 0 Å². The Balaban J connectivity index is 1.12. The Morgan fingerprint density at radius 1 is 1.03 bits per heavy atom. The van der Waals surface area contributed by atoms with Gasteiger partial charge in [0.1, 0.15) is 11.9 Å². The molecule has 2 aliphatic heterocycles. The summed E-state index contributed by atoms with van der Waals surface area (Å²) in [5, 5.41) is 9.16. The predicted octanol–water partition coefficient (Wildman–Crippen LogP) is 2.11. The van der Waals surface area contributed by atoms with Crippen molar-refractivity contribution in [2.45, 2.75) is 44.2 Å². The zero-order chi connectivity index (χ0) is 19.9. The van der Waals surface area contributed by atoms with Crippen molar-refractivity contribution in [3.63, 3.8) is 0 Å². The van der Waals surface area contributed by atoms with E-state index in [1.54, 1.807) is 0 Å². The van der Waals surface area contributed by atoms with Crippen LogP contribution in [-0.4, -0.2) is 80.3 Å². The second-order valence-corrected chi connectivity index (χ2v) is 8.46. The first-order chi connectivity index (χ1) is 14.3. The third kappa shape index (κ3) is 6.07. The quantitative estimate of drug-likeness (QED) is 0.653. The molecule has 0 bridgehead atoms. The molecule has 7 nitrogen and oxygen atoms in total. The molecule has 4 rings (SSSR count). The van der Waals surface area contributed by atoms with E-state index in [0.29, 0.717) is 18.7 Å². The number of piperidine rings is 1. The zero-order valence-corrected chi connectivity index (χ0v) is 17.4. The lowest BCUT2D eigenvalue weighted by atomic mass is 9.86. The van der Waals surface area contributed by atoms with Crippen molar-refractivity contribution in [3.05, 3.63) is 24.3 Å². The van der Waals surface area contributed by atoms with E-state index in [0.717, 1.165) is 57.0 Å². The second kappa shape index (κ2) is 10.3. The molecule has 0 atom stereocenters. The maximum Gasteiger partial charge on any atom is 0.319 e. The van der Waals surface area contributed by atoms with E-state index in [9.17, 15) is 4.79 Å². The van der Waals surface area contributed by atoms with Crippen LogP contribution in [-0.2, 0) is 0 Å². The predicted molar refractivity (Wildman–Crippen MR) is 116 cm³/mol. The maximum absolute atomic E-state index is 12.1. The summed E-state index contributed by atoms with van der Waals surface area (Å²) in [7, 11) is 0. The molecule has 1 saturated carbocycles. The first-order valence-electron chi connectivity index (χ1n) is 11.2. The average Bonchev–Trinajstić information content (AvgIpc) is 2.73. The first kappa shape index (κ1) is 20.4. The van der Waals surface area contributed by atoms with Gasteiger partial charge < -0.3 is 25.6 Å². The van der Waals surface area contributed by atoms with Crippen molar-refractivity contribution in [2.75, 3.05) is 57.7 Å². The highest BCUT2D eigenvalue weighted by Crippen LogP contribution is 2.31. The minimum absolute atomic E-state index is 0.155. The van der Waals surface area contributed by atoms with Gasteiger partial charge in [-0.3, -0.25) is 4.90 Å². The zero-order valence-electron chi connectivity index (χ0n) is 17.4. The van der Waals surface area contributed by atoms with Crippen LogP contribution in [0, 0.1) is 0 Å². The molecule has 3 N–H and O–H groups in total. The van der Waals surface area contributed by atoms with Crippen LogP contribution in [0.4, 0.5) is 10.5 Å². The minimum Gasteiger partial charge on any atom is -0.490 e. The number of ether oxygens (including phenoxy) is 1. The lowest BCUT2D eigenvalue weighted by Gasteiger charge is -2.44. The summed E-state index contributed by atoms with van der Waals surface area (Å²) in [5.41, 5.74) is 0.789. The fourth-order valence-electron chi connectivity index (χ4n) is 4.46. The highest BCUT2D eigenvalue weighted by molar-refractivity contribution is 5.89. The molecule has 2 saturated heterocycles. The number of nitrogens with one attached hydrogen (secondary N) is 3. The highest BCUT2D eigenvalue weighted by Gasteiger charge is 2.35. The fraction of sp³-hybridized carbons (Fsp3) is 0.682. The molecule has 1 aromatic rings. The van der Waals surface area contributed by atoms with Crippen LogP contribution in [0.3, 0.4) is 0 Å². The number of carbonyl (C=O) groups is 1. The molecule has 1 aromatic carbocycles. The normalized spacial score (nSPS) is 25.8. The van der Waals surface area contributed by atoms with E-state index in [-0.39, 0.29) is 6.03 Å². The van der Waals surface area contributed by atoms with Gasteiger partial charge in [-0.1, -0.05) is 6.42 Å². The molecular weight excluding hydrogens is 366 g/mol. The van der Waals surface area contributed by atoms with Crippen LogP contribution < -0.4 is 20.7 Å². The summed E-state index contributed by atoms with van der Waals surface area (Å²) in [5.74, 6) is 0.886. The summed E-state index contributed by atoms with van der Waals surface area (Å²) < 4.78 is 6.10. The third-order valence-corrected chi connectivity index (χ3v) is 6.32. The SMILES string of the molecule is O=C(NCCN1CCNCC1)Nc1ccc(OC2CC(N3CCCCC3)C2)cc1. The molecule has 3 fully saturated rings. The number of carbonyl (C=O) groups excluding carboxylic acids is 1. The molecule has 3 aliphatic rings. The van der Waals surface area contributed by atoms with Crippen LogP contribution in [0.25, 0.3) is 0 Å². The molecule has 1 aliphatic carbocycles. The number of hydrogen-bond donors (Lipinski definition) is 3. The van der Waals surface area contributed by atoms with E-state index >= 15 is 0 Å². The fourth-order valence-corrected chi connectivity index (χ4v) is 4.46. The third-order valence-electron chi connectivity index (χ3n) is 6.32. The van der Waals surface area contributed by atoms with Crippen LogP contribution in [0.1, 0.15) is 32.1 Å². The number of piperazine rings is 1. The minimum atomic E-state index is -0.155. The molecule has 0 unspecified atom stereocenters. The number of nitrogens with zero attached hydrogens (tertiary/aromatic N) is 2. The molecule has 0 spiro atoms. The summed E-state index contributed by atoms with van der Waals surface area (Å²) in [6.45, 7) is 8.22. The molecule has 0 aromatic heterocycles. The molecular formula is C22H35N5O2. The van der Waals surface area contributed by atoms with Crippen molar-refractivity contribution in [2.24, 2.45) is 0 Å².